The zero-order valence-electron chi connectivity index (χ0n) is 18.9. The minimum Gasteiger partial charge on any atom is -0.391 e. The maximum atomic E-state index is 13.1. The summed E-state index contributed by atoms with van der Waals surface area (Å²) in [6.07, 6.45) is 2.34. The molecule has 182 valence electrons. The second-order valence-electron chi connectivity index (χ2n) is 8.85. The first-order valence-electron chi connectivity index (χ1n) is 10.9. The highest BCUT2D eigenvalue weighted by atomic mass is 16.3. The van der Waals surface area contributed by atoms with Gasteiger partial charge in [0.25, 0.3) is 0 Å². The number of nitrogens with one attached hydrogen (secondary N) is 1. The van der Waals surface area contributed by atoms with Crippen molar-refractivity contribution >= 4 is 34.7 Å². The molecule has 1 saturated heterocycles. The lowest BCUT2D eigenvalue weighted by Gasteiger charge is -2.34. The number of fused-ring (bicyclic) bond motifs is 1. The van der Waals surface area contributed by atoms with Crippen LogP contribution >= 0.6 is 0 Å². The smallest absolute Gasteiger partial charge is 0.239 e. The van der Waals surface area contributed by atoms with Crippen molar-refractivity contribution in [2.45, 2.75) is 63.3 Å². The number of nitrogen functional groups attached to an aromatic ring is 2. The van der Waals surface area contributed by atoms with Gasteiger partial charge >= 0.3 is 0 Å². The van der Waals surface area contributed by atoms with Crippen molar-refractivity contribution in [2.24, 2.45) is 5.73 Å². The summed E-state index contributed by atoms with van der Waals surface area (Å²) < 4.78 is 1.61. The fourth-order valence-corrected chi connectivity index (χ4v) is 4.28. The Bertz CT molecular complexity index is 1010. The van der Waals surface area contributed by atoms with Gasteiger partial charge in [0.05, 0.1) is 30.1 Å². The largest absolute Gasteiger partial charge is 0.391 e. The Morgan fingerprint density at radius 2 is 2.03 bits per heavy atom. The van der Waals surface area contributed by atoms with Crippen molar-refractivity contribution < 1.29 is 19.8 Å². The quantitative estimate of drug-likeness (QED) is 0.262. The van der Waals surface area contributed by atoms with E-state index >= 15 is 0 Å². The summed E-state index contributed by atoms with van der Waals surface area (Å²) in [5.41, 5.74) is 17.1. The Balaban J connectivity index is 1.80. The zero-order valence-corrected chi connectivity index (χ0v) is 18.9. The Morgan fingerprint density at radius 3 is 2.73 bits per heavy atom. The number of imidazole rings is 1. The number of aromatic nitrogens is 4. The third kappa shape index (κ3) is 5.67. The molecule has 1 aliphatic heterocycles. The van der Waals surface area contributed by atoms with E-state index in [4.69, 9.17) is 17.2 Å². The number of aliphatic hydroxyl groups is 2. The normalized spacial score (nSPS) is 24.5. The molecule has 0 saturated carbocycles. The average molecular weight is 464 g/mol. The van der Waals surface area contributed by atoms with E-state index in [0.717, 1.165) is 0 Å². The van der Waals surface area contributed by atoms with E-state index in [1.165, 1.54) is 18.2 Å². The maximum absolute atomic E-state index is 13.1. The highest BCUT2D eigenvalue weighted by Gasteiger charge is 2.42. The van der Waals surface area contributed by atoms with E-state index in [1.807, 2.05) is 0 Å². The molecule has 0 aliphatic carbocycles. The number of hydrogen-bond acceptors (Lipinski definition) is 10. The van der Waals surface area contributed by atoms with Crippen LogP contribution in [0.4, 0.5) is 11.8 Å². The molecule has 0 radical (unpaired) electrons. The van der Waals surface area contributed by atoms with Gasteiger partial charge in [-0.15, -0.1) is 0 Å². The van der Waals surface area contributed by atoms with Gasteiger partial charge in [-0.3, -0.25) is 9.59 Å². The number of hydrogen-bond donors (Lipinski definition) is 6. The van der Waals surface area contributed by atoms with Crippen LogP contribution in [-0.2, 0) is 9.59 Å². The van der Waals surface area contributed by atoms with Gasteiger partial charge in [0, 0.05) is 33.0 Å². The van der Waals surface area contributed by atoms with Crippen LogP contribution in [0.5, 0.6) is 0 Å². The molecule has 2 aromatic heterocycles. The molecule has 13 heteroatoms. The minimum absolute atomic E-state index is 0.0309. The summed E-state index contributed by atoms with van der Waals surface area (Å²) in [6, 6.07) is -1.46. The van der Waals surface area contributed by atoms with Gasteiger partial charge in [0.15, 0.2) is 11.5 Å². The number of amides is 2. The highest BCUT2D eigenvalue weighted by Crippen LogP contribution is 2.34. The third-order valence-electron chi connectivity index (χ3n) is 5.94. The maximum Gasteiger partial charge on any atom is 0.239 e. The van der Waals surface area contributed by atoms with Crippen molar-refractivity contribution in [1.29, 1.82) is 0 Å². The van der Waals surface area contributed by atoms with E-state index in [0.29, 0.717) is 37.0 Å². The lowest BCUT2D eigenvalue weighted by atomic mass is 9.91. The Hall–Kier alpha value is -3.03. The van der Waals surface area contributed by atoms with E-state index in [1.54, 1.807) is 11.5 Å². The number of rotatable bonds is 7. The molecule has 4 atom stereocenters. The molecule has 0 unspecified atom stereocenters. The number of carbonyl (C=O) groups excluding carboxylic acids is 2. The van der Waals surface area contributed by atoms with Crippen LogP contribution in [0.2, 0.25) is 0 Å². The number of likely N-dealkylation sites (tertiary alicyclic amines) is 1. The summed E-state index contributed by atoms with van der Waals surface area (Å²) in [4.78, 5) is 37.9. The SMILES string of the molecule is CC(=O)NCCCC[C@H](N)C(=O)N1C[C@@H](O)C[C@@](C)(O)[C@H](n2cnc3c(N)nc(N)nc32)C1. The molecular formula is C20H33N9O4. The first-order chi connectivity index (χ1) is 15.5. The van der Waals surface area contributed by atoms with Gasteiger partial charge in [-0.1, -0.05) is 0 Å². The fraction of sp³-hybridized carbons (Fsp3) is 0.650. The van der Waals surface area contributed by atoms with Crippen LogP contribution < -0.4 is 22.5 Å². The molecule has 3 rings (SSSR count). The molecule has 0 spiro atoms. The van der Waals surface area contributed by atoms with Crippen molar-refractivity contribution in [3.8, 4) is 0 Å². The van der Waals surface area contributed by atoms with Gasteiger partial charge in [0.2, 0.25) is 17.8 Å². The number of nitrogens with zero attached hydrogens (tertiary/aromatic N) is 5. The van der Waals surface area contributed by atoms with Crippen LogP contribution in [0, 0.1) is 0 Å². The van der Waals surface area contributed by atoms with Crippen LogP contribution in [0.15, 0.2) is 6.33 Å². The van der Waals surface area contributed by atoms with Gasteiger partial charge in [-0.2, -0.15) is 9.97 Å². The monoisotopic (exact) mass is 463 g/mol. The third-order valence-corrected chi connectivity index (χ3v) is 5.94. The Kier molecular flexibility index (Phi) is 7.34. The standard InChI is InChI=1S/C20H33N9O4/c1-11(30)24-6-4-3-5-13(21)18(32)28-8-12(31)7-20(2,33)14(9-28)29-10-25-15-16(22)26-19(23)27-17(15)29/h10,12-14,31,33H,3-9,21H2,1-2H3,(H,24,30)(H4,22,23,26,27)/t12-,13-,14+,20+/m0/s1. The topological polar surface area (TPSA) is 212 Å². The molecule has 2 aromatic rings. The highest BCUT2D eigenvalue weighted by molar-refractivity contribution is 5.83. The van der Waals surface area contributed by atoms with Gasteiger partial charge in [0.1, 0.15) is 5.52 Å². The molecule has 3 heterocycles. The van der Waals surface area contributed by atoms with Crippen LogP contribution in [0.1, 0.15) is 45.6 Å². The average Bonchev–Trinajstić information content (AvgIpc) is 3.07. The fourth-order valence-electron chi connectivity index (χ4n) is 4.28. The van der Waals surface area contributed by atoms with Gasteiger partial charge in [-0.05, 0) is 26.2 Å². The number of aliphatic hydroxyl groups excluding tert-OH is 1. The second kappa shape index (κ2) is 9.85. The van der Waals surface area contributed by atoms with Crippen molar-refractivity contribution in [3.05, 3.63) is 6.33 Å². The van der Waals surface area contributed by atoms with E-state index in [2.05, 4.69) is 20.3 Å². The summed E-state index contributed by atoms with van der Waals surface area (Å²) in [5.74, 6) is -0.356. The molecule has 0 aromatic carbocycles. The molecule has 33 heavy (non-hydrogen) atoms. The molecule has 9 N–H and O–H groups in total. The number of carbonyl (C=O) groups is 2. The summed E-state index contributed by atoms with van der Waals surface area (Å²) in [7, 11) is 0. The van der Waals surface area contributed by atoms with Crippen molar-refractivity contribution in [2.75, 3.05) is 31.1 Å². The van der Waals surface area contributed by atoms with Crippen LogP contribution in [-0.4, -0.2) is 83.8 Å². The number of unbranched alkanes of at least 4 members (excludes halogenated alkanes) is 1. The van der Waals surface area contributed by atoms with Gasteiger partial charge < -0.3 is 42.2 Å². The van der Waals surface area contributed by atoms with Crippen LogP contribution in [0.25, 0.3) is 11.2 Å². The Labute approximate surface area is 191 Å². The molecular weight excluding hydrogens is 430 g/mol. The van der Waals surface area contributed by atoms with E-state index in [9.17, 15) is 19.8 Å². The van der Waals surface area contributed by atoms with Crippen LogP contribution in [0.3, 0.4) is 0 Å². The summed E-state index contributed by atoms with van der Waals surface area (Å²) in [5, 5.41) is 24.4. The lowest BCUT2D eigenvalue weighted by Crippen LogP contribution is -2.48. The Morgan fingerprint density at radius 1 is 1.30 bits per heavy atom. The first kappa shape index (κ1) is 24.6. The number of anilines is 2. The molecule has 0 bridgehead atoms. The first-order valence-corrected chi connectivity index (χ1v) is 10.9. The zero-order chi connectivity index (χ0) is 24.3. The summed E-state index contributed by atoms with van der Waals surface area (Å²) >= 11 is 0. The predicted octanol–water partition coefficient (Wildman–Crippen LogP) is -1.49. The second-order valence-corrected chi connectivity index (χ2v) is 8.85. The molecule has 1 fully saturated rings. The van der Waals surface area contributed by atoms with Gasteiger partial charge in [-0.25, -0.2) is 4.98 Å². The van der Waals surface area contributed by atoms with Crippen molar-refractivity contribution in [3.63, 3.8) is 0 Å². The predicted molar refractivity (Wildman–Crippen MR) is 122 cm³/mol. The lowest BCUT2D eigenvalue weighted by molar-refractivity contribution is -0.134. The van der Waals surface area contributed by atoms with Crippen molar-refractivity contribution in [1.82, 2.24) is 29.7 Å². The summed E-state index contributed by atoms with van der Waals surface area (Å²) in [6.45, 7) is 3.68. The van der Waals surface area contributed by atoms with E-state index < -0.39 is 23.8 Å². The number of β-amino-alcohol motifs (C(OH)–C–C–N with tert-alkyl or cyclic N) is 1. The van der Waals surface area contributed by atoms with E-state index in [-0.39, 0.29) is 43.1 Å². The number of nitrogens with two attached hydrogens (primary N) is 3. The molecule has 1 aliphatic rings. The molecule has 13 nitrogen and oxygen atoms in total. The molecule has 2 amide bonds. The minimum atomic E-state index is -1.39.